The Morgan fingerprint density at radius 1 is 1.19 bits per heavy atom. The van der Waals surface area contributed by atoms with Gasteiger partial charge in [-0.1, -0.05) is 0 Å². The van der Waals surface area contributed by atoms with Crippen molar-refractivity contribution in [1.29, 1.82) is 0 Å². The van der Waals surface area contributed by atoms with E-state index in [1.165, 1.54) is 13.2 Å². The summed E-state index contributed by atoms with van der Waals surface area (Å²) in [5.41, 5.74) is -0.835. The van der Waals surface area contributed by atoms with Crippen LogP contribution in [0.15, 0.2) is 18.3 Å². The number of esters is 1. The number of alkyl halides is 3. The smallest absolute Gasteiger partial charge is 0.417 e. The van der Waals surface area contributed by atoms with Crippen molar-refractivity contribution in [1.82, 2.24) is 10.3 Å². The summed E-state index contributed by atoms with van der Waals surface area (Å²) < 4.78 is 52.6. The number of ether oxygens (including phenoxy) is 3. The van der Waals surface area contributed by atoms with Crippen LogP contribution in [0.2, 0.25) is 0 Å². The zero-order valence-corrected chi connectivity index (χ0v) is 14.8. The number of methoxy groups -OCH3 is 1. The minimum Gasteiger partial charge on any atom is -0.474 e. The second-order valence-corrected chi connectivity index (χ2v) is 6.08. The lowest BCUT2D eigenvalue weighted by Crippen LogP contribution is -2.43. The molecule has 1 N–H and O–H groups in total. The number of carbonyl (C=O) groups excluding carboxylic acids is 2. The van der Waals surface area contributed by atoms with E-state index in [0.29, 0.717) is 25.7 Å². The van der Waals surface area contributed by atoms with Crippen LogP contribution in [-0.4, -0.2) is 49.3 Å². The summed E-state index contributed by atoms with van der Waals surface area (Å²) in [7, 11) is 1.45. The zero-order chi connectivity index (χ0) is 19.9. The third-order valence-corrected chi connectivity index (χ3v) is 4.07. The van der Waals surface area contributed by atoms with Crippen molar-refractivity contribution < 1.29 is 37.0 Å². The van der Waals surface area contributed by atoms with E-state index in [2.05, 4.69) is 10.3 Å². The number of carbonyl (C=O) groups is 2. The quantitative estimate of drug-likeness (QED) is 0.455. The van der Waals surface area contributed by atoms with Crippen LogP contribution >= 0.6 is 0 Å². The maximum absolute atomic E-state index is 12.5. The first kappa shape index (κ1) is 20.9. The molecule has 0 spiro atoms. The Balaban J connectivity index is 1.73. The largest absolute Gasteiger partial charge is 0.474 e. The zero-order valence-electron chi connectivity index (χ0n) is 14.8. The van der Waals surface area contributed by atoms with Crippen molar-refractivity contribution >= 4 is 11.9 Å². The van der Waals surface area contributed by atoms with Crippen molar-refractivity contribution in [2.24, 2.45) is 0 Å². The minimum absolute atomic E-state index is 0.00344. The van der Waals surface area contributed by atoms with Gasteiger partial charge in [-0.05, 0) is 31.7 Å². The molecule has 7 nitrogen and oxygen atoms in total. The van der Waals surface area contributed by atoms with Crippen LogP contribution in [0, 0.1) is 0 Å². The summed E-state index contributed by atoms with van der Waals surface area (Å²) >= 11 is 0. The van der Waals surface area contributed by atoms with Gasteiger partial charge in [0.2, 0.25) is 5.88 Å². The van der Waals surface area contributed by atoms with Crippen LogP contribution in [0.3, 0.4) is 0 Å². The molecular formula is C17H21F3N2O5. The molecule has 0 unspecified atom stereocenters. The van der Waals surface area contributed by atoms with Gasteiger partial charge in [-0.25, -0.2) is 9.78 Å². The van der Waals surface area contributed by atoms with Gasteiger partial charge in [0.25, 0.3) is 0 Å². The Kier molecular flexibility index (Phi) is 7.40. The summed E-state index contributed by atoms with van der Waals surface area (Å²) in [5, 5.41) is 2.60. The molecule has 1 amide bonds. The van der Waals surface area contributed by atoms with Gasteiger partial charge >= 0.3 is 18.1 Å². The Morgan fingerprint density at radius 2 is 1.89 bits per heavy atom. The molecule has 27 heavy (non-hydrogen) atoms. The average Bonchev–Trinajstić information content (AvgIpc) is 2.63. The lowest BCUT2D eigenvalue weighted by molar-refractivity contribution is -0.156. The number of aromatic nitrogens is 1. The molecule has 1 fully saturated rings. The number of amides is 1. The van der Waals surface area contributed by atoms with Gasteiger partial charge in [0.15, 0.2) is 0 Å². The Morgan fingerprint density at radius 3 is 2.44 bits per heavy atom. The van der Waals surface area contributed by atoms with Gasteiger partial charge in [0.05, 0.1) is 12.2 Å². The van der Waals surface area contributed by atoms with E-state index in [1.807, 2.05) is 0 Å². The number of halogens is 3. The molecule has 1 aromatic heterocycles. The number of nitrogens with one attached hydrogen (secondary N) is 1. The van der Waals surface area contributed by atoms with Gasteiger partial charge < -0.3 is 19.5 Å². The highest BCUT2D eigenvalue weighted by atomic mass is 19.4. The number of hydrogen-bond acceptors (Lipinski definition) is 6. The lowest BCUT2D eigenvalue weighted by Gasteiger charge is -2.28. The molecule has 0 bridgehead atoms. The predicted octanol–water partition coefficient (Wildman–Crippen LogP) is 2.10. The van der Waals surface area contributed by atoms with Gasteiger partial charge in [0, 0.05) is 25.4 Å². The fourth-order valence-corrected chi connectivity index (χ4v) is 2.64. The third kappa shape index (κ3) is 6.70. The molecule has 0 atom stereocenters. The topological polar surface area (TPSA) is 86.8 Å². The summed E-state index contributed by atoms with van der Waals surface area (Å²) in [4.78, 5) is 26.9. The highest BCUT2D eigenvalue weighted by molar-refractivity contribution is 6.32. The van der Waals surface area contributed by atoms with Gasteiger partial charge in [-0.3, -0.25) is 4.79 Å². The Labute approximate surface area is 154 Å². The molecule has 1 saturated carbocycles. The fraction of sp³-hybridized carbons (Fsp3) is 0.588. The molecule has 0 aromatic carbocycles. The minimum atomic E-state index is -4.44. The molecule has 1 aromatic rings. The van der Waals surface area contributed by atoms with Crippen molar-refractivity contribution in [2.45, 2.75) is 44.0 Å². The summed E-state index contributed by atoms with van der Waals surface area (Å²) in [6.45, 7) is 0.211. The molecule has 150 valence electrons. The SMILES string of the molecule is COCCOC(=O)C(=O)NC1CCC(Oc2ccc(C(F)(F)F)cn2)CC1. The lowest BCUT2D eigenvalue weighted by atomic mass is 9.93. The van der Waals surface area contributed by atoms with Crippen LogP contribution in [0.5, 0.6) is 5.88 Å². The molecule has 1 aliphatic carbocycles. The van der Waals surface area contributed by atoms with Crippen LogP contribution in [0.4, 0.5) is 13.2 Å². The summed E-state index contributed by atoms with van der Waals surface area (Å²) in [6.07, 6.45) is -1.62. The highest BCUT2D eigenvalue weighted by Gasteiger charge is 2.31. The van der Waals surface area contributed by atoms with Crippen molar-refractivity contribution in [3.8, 4) is 5.88 Å². The normalized spacial score (nSPS) is 20.0. The van der Waals surface area contributed by atoms with Crippen molar-refractivity contribution in [3.63, 3.8) is 0 Å². The molecule has 1 heterocycles. The fourth-order valence-electron chi connectivity index (χ4n) is 2.64. The van der Waals surface area contributed by atoms with E-state index in [0.717, 1.165) is 12.3 Å². The second-order valence-electron chi connectivity index (χ2n) is 6.08. The highest BCUT2D eigenvalue weighted by Crippen LogP contribution is 2.30. The first-order valence-corrected chi connectivity index (χ1v) is 8.46. The van der Waals surface area contributed by atoms with E-state index in [9.17, 15) is 22.8 Å². The first-order valence-electron chi connectivity index (χ1n) is 8.46. The van der Waals surface area contributed by atoms with Gasteiger partial charge in [0.1, 0.15) is 12.7 Å². The number of pyridine rings is 1. The van der Waals surface area contributed by atoms with Crippen LogP contribution in [0.1, 0.15) is 31.2 Å². The van der Waals surface area contributed by atoms with E-state index < -0.39 is 23.6 Å². The van der Waals surface area contributed by atoms with Gasteiger partial charge in [-0.15, -0.1) is 0 Å². The number of nitrogens with zero attached hydrogens (tertiary/aromatic N) is 1. The standard InChI is InChI=1S/C17H21F3N2O5/c1-25-8-9-26-16(24)15(23)22-12-3-5-13(6-4-12)27-14-7-2-11(10-21-14)17(18,19)20/h2,7,10,12-13H,3-6,8-9H2,1H3,(H,22,23). The second kappa shape index (κ2) is 9.54. The average molecular weight is 390 g/mol. The monoisotopic (exact) mass is 390 g/mol. The maximum atomic E-state index is 12.5. The maximum Gasteiger partial charge on any atom is 0.417 e. The molecule has 0 saturated heterocycles. The number of hydrogen-bond donors (Lipinski definition) is 1. The van der Waals surface area contributed by atoms with E-state index >= 15 is 0 Å². The number of rotatable bonds is 6. The molecule has 0 radical (unpaired) electrons. The van der Waals surface area contributed by atoms with E-state index in [1.54, 1.807) is 0 Å². The van der Waals surface area contributed by atoms with Crippen LogP contribution in [0.25, 0.3) is 0 Å². The van der Waals surface area contributed by atoms with Crippen LogP contribution in [-0.2, 0) is 25.2 Å². The third-order valence-electron chi connectivity index (χ3n) is 4.07. The Hall–Kier alpha value is -2.36. The van der Waals surface area contributed by atoms with Crippen molar-refractivity contribution in [2.75, 3.05) is 20.3 Å². The molecular weight excluding hydrogens is 369 g/mol. The molecule has 10 heteroatoms. The van der Waals surface area contributed by atoms with E-state index in [-0.39, 0.29) is 31.2 Å². The molecule has 2 rings (SSSR count). The molecule has 0 aliphatic heterocycles. The summed E-state index contributed by atoms with van der Waals surface area (Å²) in [5.74, 6) is -1.64. The summed E-state index contributed by atoms with van der Waals surface area (Å²) in [6, 6.07) is 1.92. The van der Waals surface area contributed by atoms with Crippen molar-refractivity contribution in [3.05, 3.63) is 23.9 Å². The van der Waals surface area contributed by atoms with Crippen LogP contribution < -0.4 is 10.1 Å². The Bertz CT molecular complexity index is 628. The van der Waals surface area contributed by atoms with Gasteiger partial charge in [-0.2, -0.15) is 13.2 Å². The first-order chi connectivity index (χ1) is 12.8. The molecule has 1 aliphatic rings. The van der Waals surface area contributed by atoms with E-state index in [4.69, 9.17) is 14.2 Å². The predicted molar refractivity (Wildman–Crippen MR) is 86.9 cm³/mol.